The second-order valence-corrected chi connectivity index (χ2v) is 11.9. The molecule has 0 saturated carbocycles. The molecule has 3 heterocycles. The molecule has 0 atom stereocenters. The van der Waals surface area contributed by atoms with Crippen LogP contribution in [0, 0.1) is 0 Å². The molecule has 9 aromatic rings. The number of nitrogens with zero attached hydrogens (tertiary/aromatic N) is 4. The average molecular weight is 603 g/mol. The van der Waals surface area contributed by atoms with Crippen LogP contribution in [0.2, 0.25) is 0 Å². The summed E-state index contributed by atoms with van der Waals surface area (Å²) in [5.74, 6) is 0.645. The number of fused-ring (bicyclic) bond motifs is 11. The maximum Gasteiger partial charge on any atom is 0.235 e. The SMILES string of the molecule is C=C/C=C\C=C(/C)c1nc(-n2c3ccccc3c3c4ccccc4c4c5ccccc5n(-c5ccccc5)c4c32)nc2ccccc12. The molecule has 3 aromatic heterocycles. The van der Waals surface area contributed by atoms with Crippen LogP contribution in [0.3, 0.4) is 0 Å². The smallest absolute Gasteiger partial charge is 0.235 e. The highest BCUT2D eigenvalue weighted by Gasteiger charge is 2.25. The maximum absolute atomic E-state index is 5.38. The van der Waals surface area contributed by atoms with E-state index in [-0.39, 0.29) is 0 Å². The molecule has 4 nitrogen and oxygen atoms in total. The monoisotopic (exact) mass is 602 g/mol. The van der Waals surface area contributed by atoms with E-state index in [1.54, 1.807) is 6.08 Å². The molecule has 0 fully saturated rings. The van der Waals surface area contributed by atoms with Crippen LogP contribution in [0.4, 0.5) is 0 Å². The van der Waals surface area contributed by atoms with E-state index in [0.29, 0.717) is 5.95 Å². The Morgan fingerprint density at radius 2 is 1.09 bits per heavy atom. The van der Waals surface area contributed by atoms with Gasteiger partial charge in [-0.1, -0.05) is 128 Å². The molecule has 0 N–H and O–H groups in total. The van der Waals surface area contributed by atoms with E-state index in [2.05, 4.69) is 150 Å². The van der Waals surface area contributed by atoms with Crippen molar-refractivity contribution in [1.29, 1.82) is 0 Å². The summed E-state index contributed by atoms with van der Waals surface area (Å²) in [4.78, 5) is 10.7. The Labute approximate surface area is 271 Å². The first-order chi connectivity index (χ1) is 23.2. The quantitative estimate of drug-likeness (QED) is 0.184. The fourth-order valence-electron chi connectivity index (χ4n) is 7.27. The maximum atomic E-state index is 5.38. The molecular weight excluding hydrogens is 573 g/mol. The van der Waals surface area contributed by atoms with E-state index >= 15 is 0 Å². The molecule has 0 radical (unpaired) electrons. The highest BCUT2D eigenvalue weighted by Crippen LogP contribution is 2.46. The van der Waals surface area contributed by atoms with Gasteiger partial charge < -0.3 is 4.57 Å². The van der Waals surface area contributed by atoms with Crippen LogP contribution in [-0.2, 0) is 0 Å². The second kappa shape index (κ2) is 10.7. The molecule has 0 amide bonds. The van der Waals surface area contributed by atoms with Crippen LogP contribution in [-0.4, -0.2) is 19.1 Å². The lowest BCUT2D eigenvalue weighted by molar-refractivity contribution is 1.00. The van der Waals surface area contributed by atoms with Crippen molar-refractivity contribution in [1.82, 2.24) is 19.1 Å². The van der Waals surface area contributed by atoms with Gasteiger partial charge in [0.2, 0.25) is 5.95 Å². The molecule has 6 aromatic carbocycles. The van der Waals surface area contributed by atoms with Gasteiger partial charge >= 0.3 is 0 Å². The van der Waals surface area contributed by atoms with Crippen molar-refractivity contribution in [2.45, 2.75) is 6.92 Å². The standard InChI is InChI=1S/C43H30N4/c1-3-4-6-17-28(2)40-32-22-11-14-25-35(32)44-43(45-40)47-37-27-16-13-24-34(37)39-31-21-10-9-20-30(31)38-33-23-12-15-26-36(33)46(41(38)42(39)47)29-18-7-5-8-19-29/h3-27H,1H2,2H3/b6-4-,28-17+. The van der Waals surface area contributed by atoms with Crippen LogP contribution in [0.15, 0.2) is 158 Å². The van der Waals surface area contributed by atoms with E-state index < -0.39 is 0 Å². The van der Waals surface area contributed by atoms with Gasteiger partial charge in [0.05, 0.1) is 33.3 Å². The van der Waals surface area contributed by atoms with E-state index in [1.165, 1.54) is 32.3 Å². The van der Waals surface area contributed by atoms with Crippen LogP contribution in [0.1, 0.15) is 12.6 Å². The molecule has 0 spiro atoms. The number of benzene rings is 6. The summed E-state index contributed by atoms with van der Waals surface area (Å²) in [6, 6.07) is 45.2. The zero-order chi connectivity index (χ0) is 31.5. The normalized spacial score (nSPS) is 12.5. The Morgan fingerprint density at radius 3 is 1.74 bits per heavy atom. The van der Waals surface area contributed by atoms with Crippen LogP contribution >= 0.6 is 0 Å². The molecule has 0 unspecified atom stereocenters. The number of hydrogen-bond acceptors (Lipinski definition) is 2. The Morgan fingerprint density at radius 1 is 0.553 bits per heavy atom. The topological polar surface area (TPSA) is 35.6 Å². The van der Waals surface area contributed by atoms with Crippen molar-refractivity contribution >= 4 is 70.9 Å². The van der Waals surface area contributed by atoms with Crippen LogP contribution in [0.5, 0.6) is 0 Å². The fourth-order valence-corrected chi connectivity index (χ4v) is 7.27. The first kappa shape index (κ1) is 27.1. The molecule has 9 rings (SSSR count). The molecule has 0 aliphatic rings. The minimum Gasteiger partial charge on any atom is -0.307 e. The van der Waals surface area contributed by atoms with Gasteiger partial charge in [0.25, 0.3) is 0 Å². The number of aromatic nitrogens is 4. The van der Waals surface area contributed by atoms with Gasteiger partial charge in [-0.2, -0.15) is 0 Å². The number of hydrogen-bond donors (Lipinski definition) is 0. The number of para-hydroxylation sites is 4. The van der Waals surface area contributed by atoms with E-state index in [1.807, 2.05) is 18.2 Å². The Hall–Kier alpha value is -6.26. The average Bonchev–Trinajstić information content (AvgIpc) is 3.66. The van der Waals surface area contributed by atoms with Crippen molar-refractivity contribution in [3.8, 4) is 11.6 Å². The summed E-state index contributed by atoms with van der Waals surface area (Å²) in [6.45, 7) is 5.94. The largest absolute Gasteiger partial charge is 0.307 e. The molecule has 0 saturated heterocycles. The summed E-state index contributed by atoms with van der Waals surface area (Å²) in [6.07, 6.45) is 7.82. The predicted molar refractivity (Wildman–Crippen MR) is 199 cm³/mol. The van der Waals surface area contributed by atoms with Gasteiger partial charge in [0, 0.05) is 32.6 Å². The van der Waals surface area contributed by atoms with Crippen molar-refractivity contribution in [3.63, 3.8) is 0 Å². The molecule has 4 heteroatoms. The van der Waals surface area contributed by atoms with E-state index in [0.717, 1.165) is 49.9 Å². The molecule has 0 bridgehead atoms. The lowest BCUT2D eigenvalue weighted by Gasteiger charge is -2.14. The van der Waals surface area contributed by atoms with Gasteiger partial charge in [0.1, 0.15) is 0 Å². The first-order valence-electron chi connectivity index (χ1n) is 15.9. The van der Waals surface area contributed by atoms with Crippen LogP contribution in [0.25, 0.3) is 82.5 Å². The lowest BCUT2D eigenvalue weighted by atomic mass is 9.98. The summed E-state index contributed by atoms with van der Waals surface area (Å²) in [5, 5.41) is 8.28. The Bertz CT molecular complexity index is 2760. The van der Waals surface area contributed by atoms with Crippen molar-refractivity contribution in [2.75, 3.05) is 0 Å². The van der Waals surface area contributed by atoms with E-state index in [9.17, 15) is 0 Å². The van der Waals surface area contributed by atoms with Crippen molar-refractivity contribution < 1.29 is 0 Å². The third-order valence-corrected chi connectivity index (χ3v) is 9.21. The summed E-state index contributed by atoms with van der Waals surface area (Å²) < 4.78 is 4.71. The zero-order valence-corrected chi connectivity index (χ0v) is 25.9. The van der Waals surface area contributed by atoms with Gasteiger partial charge in [-0.25, -0.2) is 9.97 Å². The fraction of sp³-hybridized carbons (Fsp3) is 0.0233. The number of allylic oxidation sites excluding steroid dienone is 5. The summed E-state index contributed by atoms with van der Waals surface area (Å²) in [7, 11) is 0. The third-order valence-electron chi connectivity index (χ3n) is 9.21. The first-order valence-corrected chi connectivity index (χ1v) is 15.9. The van der Waals surface area contributed by atoms with Gasteiger partial charge in [-0.15, -0.1) is 0 Å². The van der Waals surface area contributed by atoms with Crippen molar-refractivity contribution in [2.24, 2.45) is 0 Å². The summed E-state index contributed by atoms with van der Waals surface area (Å²) in [5.41, 5.74) is 8.44. The molecule has 47 heavy (non-hydrogen) atoms. The highest BCUT2D eigenvalue weighted by molar-refractivity contribution is 6.36. The third kappa shape index (κ3) is 4.01. The van der Waals surface area contributed by atoms with Crippen molar-refractivity contribution in [3.05, 3.63) is 164 Å². The molecule has 0 aliphatic heterocycles. The summed E-state index contributed by atoms with van der Waals surface area (Å²) >= 11 is 0. The zero-order valence-electron chi connectivity index (χ0n) is 25.9. The minimum absolute atomic E-state index is 0.645. The second-order valence-electron chi connectivity index (χ2n) is 11.9. The predicted octanol–water partition coefficient (Wildman–Crippen LogP) is 11.1. The lowest BCUT2D eigenvalue weighted by Crippen LogP contribution is -2.05. The Balaban J connectivity index is 1.55. The number of rotatable bonds is 5. The minimum atomic E-state index is 0.645. The van der Waals surface area contributed by atoms with Gasteiger partial charge in [-0.3, -0.25) is 4.57 Å². The Kier molecular flexibility index (Phi) is 6.15. The molecular formula is C43H30N4. The molecule has 0 aliphatic carbocycles. The van der Waals surface area contributed by atoms with Gasteiger partial charge in [0.15, 0.2) is 0 Å². The molecule has 222 valence electrons. The van der Waals surface area contributed by atoms with Gasteiger partial charge in [-0.05, 0) is 53.6 Å². The van der Waals surface area contributed by atoms with Crippen LogP contribution < -0.4 is 0 Å². The highest BCUT2D eigenvalue weighted by atomic mass is 15.2. The van der Waals surface area contributed by atoms with E-state index in [4.69, 9.17) is 9.97 Å².